The molecule has 0 unspecified atom stereocenters. The SMILES string of the molecule is Nc1nc(=O)n(C(=O)C(F)(F)[C@H](F)[C@H](O)CO)cc1Cl. The van der Waals surface area contributed by atoms with E-state index in [0.717, 1.165) is 0 Å². The van der Waals surface area contributed by atoms with Gasteiger partial charge in [-0.25, -0.2) is 13.8 Å². The van der Waals surface area contributed by atoms with Crippen molar-refractivity contribution in [2.45, 2.75) is 18.2 Å². The van der Waals surface area contributed by atoms with Gasteiger partial charge in [0.25, 0.3) is 0 Å². The van der Waals surface area contributed by atoms with Crippen LogP contribution in [0.4, 0.5) is 19.0 Å². The molecule has 11 heteroatoms. The van der Waals surface area contributed by atoms with E-state index >= 15 is 0 Å². The largest absolute Gasteiger partial charge is 0.394 e. The maximum absolute atomic E-state index is 13.5. The fraction of sp³-hybridized carbons (Fsp3) is 0.444. The van der Waals surface area contributed by atoms with E-state index in [-0.39, 0.29) is 4.57 Å². The lowest BCUT2D eigenvalue weighted by molar-refractivity contribution is -0.103. The summed E-state index contributed by atoms with van der Waals surface area (Å²) in [7, 11) is 0. The molecule has 1 aromatic heterocycles. The van der Waals surface area contributed by atoms with Crippen molar-refractivity contribution in [3.05, 3.63) is 21.7 Å². The molecule has 1 heterocycles. The van der Waals surface area contributed by atoms with Crippen molar-refractivity contribution in [1.82, 2.24) is 9.55 Å². The summed E-state index contributed by atoms with van der Waals surface area (Å²) in [5.74, 6) is -7.55. The molecule has 112 valence electrons. The Morgan fingerprint density at radius 1 is 1.60 bits per heavy atom. The minimum atomic E-state index is -4.77. The number of nitrogen functional groups attached to an aromatic ring is 1. The fourth-order valence-electron chi connectivity index (χ4n) is 1.20. The average Bonchev–Trinajstić information content (AvgIpc) is 2.40. The molecule has 0 fully saturated rings. The molecule has 0 aliphatic heterocycles. The number of nitrogens with two attached hydrogens (primary N) is 1. The third kappa shape index (κ3) is 2.92. The summed E-state index contributed by atoms with van der Waals surface area (Å²) in [6.07, 6.45) is -5.45. The summed E-state index contributed by atoms with van der Waals surface area (Å²) in [4.78, 5) is 25.7. The van der Waals surface area contributed by atoms with Gasteiger partial charge in [-0.2, -0.15) is 13.8 Å². The smallest absolute Gasteiger partial charge is 0.358 e. The summed E-state index contributed by atoms with van der Waals surface area (Å²) in [6.45, 7) is -1.33. The Morgan fingerprint density at radius 2 is 2.15 bits per heavy atom. The van der Waals surface area contributed by atoms with Crippen LogP contribution in [0.15, 0.2) is 11.0 Å². The van der Waals surface area contributed by atoms with Gasteiger partial charge in [0.1, 0.15) is 11.9 Å². The first-order valence-corrected chi connectivity index (χ1v) is 5.41. The monoisotopic (exact) mass is 315 g/mol. The van der Waals surface area contributed by atoms with Gasteiger partial charge in [-0.3, -0.25) is 4.79 Å². The standard InChI is InChI=1S/C9H9ClF3N3O4/c10-3-1-16(8(20)15-6(3)14)7(19)9(12,13)5(11)4(18)2-17/h1,4-5,17-18H,2H2,(H2,14,15,20)/t4-,5-/m1/s1. The predicted molar refractivity (Wildman–Crippen MR) is 61.5 cm³/mol. The van der Waals surface area contributed by atoms with Crippen molar-refractivity contribution in [3.63, 3.8) is 0 Å². The zero-order valence-electron chi connectivity index (χ0n) is 9.63. The predicted octanol–water partition coefficient (Wildman–Crippen LogP) is -0.554. The molecule has 0 amide bonds. The van der Waals surface area contributed by atoms with Gasteiger partial charge in [0.15, 0.2) is 0 Å². The number of alkyl halides is 3. The first-order valence-electron chi connectivity index (χ1n) is 5.03. The first kappa shape index (κ1) is 16.4. The van der Waals surface area contributed by atoms with Crippen molar-refractivity contribution in [3.8, 4) is 0 Å². The topological polar surface area (TPSA) is 118 Å². The highest BCUT2D eigenvalue weighted by molar-refractivity contribution is 6.32. The van der Waals surface area contributed by atoms with Crippen LogP contribution >= 0.6 is 11.6 Å². The highest BCUT2D eigenvalue weighted by Crippen LogP contribution is 2.26. The second-order valence-corrected chi connectivity index (χ2v) is 4.11. The number of aliphatic hydroxyl groups excluding tert-OH is 2. The van der Waals surface area contributed by atoms with Crippen molar-refractivity contribution in [2.24, 2.45) is 0 Å². The van der Waals surface area contributed by atoms with Crippen LogP contribution in [0.1, 0.15) is 4.79 Å². The van der Waals surface area contributed by atoms with Crippen molar-refractivity contribution < 1.29 is 28.2 Å². The van der Waals surface area contributed by atoms with E-state index in [1.54, 1.807) is 0 Å². The van der Waals surface area contributed by atoms with E-state index < -0.39 is 47.2 Å². The van der Waals surface area contributed by atoms with E-state index in [2.05, 4.69) is 4.98 Å². The lowest BCUT2D eigenvalue weighted by Crippen LogP contribution is -2.51. The van der Waals surface area contributed by atoms with Gasteiger partial charge in [0.2, 0.25) is 6.17 Å². The Morgan fingerprint density at radius 3 is 2.65 bits per heavy atom. The lowest BCUT2D eigenvalue weighted by Gasteiger charge is -2.22. The number of carbonyl (C=O) groups excluding carboxylic acids is 1. The molecular formula is C9H9ClF3N3O4. The van der Waals surface area contributed by atoms with Crippen LogP contribution in [0.5, 0.6) is 0 Å². The van der Waals surface area contributed by atoms with Crippen LogP contribution in [0.25, 0.3) is 0 Å². The molecule has 0 aromatic carbocycles. The van der Waals surface area contributed by atoms with Crippen LogP contribution in [0, 0.1) is 0 Å². The van der Waals surface area contributed by atoms with E-state index in [9.17, 15) is 22.8 Å². The van der Waals surface area contributed by atoms with E-state index in [4.69, 9.17) is 27.5 Å². The number of anilines is 1. The molecule has 1 rings (SSSR count). The van der Waals surface area contributed by atoms with Crippen LogP contribution < -0.4 is 11.4 Å². The quantitative estimate of drug-likeness (QED) is 0.686. The average molecular weight is 316 g/mol. The summed E-state index contributed by atoms with van der Waals surface area (Å²) in [5, 5.41) is 16.8. The van der Waals surface area contributed by atoms with Gasteiger partial charge in [0.05, 0.1) is 11.6 Å². The number of carbonyl (C=O) groups is 1. The summed E-state index contributed by atoms with van der Waals surface area (Å²) < 4.78 is 40.0. The first-order chi connectivity index (χ1) is 9.12. The van der Waals surface area contributed by atoms with E-state index in [1.807, 2.05) is 0 Å². The molecule has 7 nitrogen and oxygen atoms in total. The fourth-order valence-corrected chi connectivity index (χ4v) is 1.34. The Balaban J connectivity index is 3.24. The number of hydrogen-bond acceptors (Lipinski definition) is 6. The Hall–Kier alpha value is -1.65. The van der Waals surface area contributed by atoms with Crippen LogP contribution in [0.3, 0.4) is 0 Å². The maximum Gasteiger partial charge on any atom is 0.358 e. The summed E-state index contributed by atoms with van der Waals surface area (Å²) >= 11 is 5.42. The van der Waals surface area contributed by atoms with E-state index in [1.165, 1.54) is 0 Å². The van der Waals surface area contributed by atoms with Gasteiger partial charge in [-0.05, 0) is 0 Å². The molecule has 0 radical (unpaired) electrons. The van der Waals surface area contributed by atoms with Gasteiger partial charge in [-0.15, -0.1) is 0 Å². The minimum absolute atomic E-state index is 0.227. The second kappa shape index (κ2) is 5.77. The molecule has 4 N–H and O–H groups in total. The second-order valence-electron chi connectivity index (χ2n) is 3.71. The number of halogens is 4. The van der Waals surface area contributed by atoms with Crippen LogP contribution in [-0.4, -0.2) is 50.5 Å². The van der Waals surface area contributed by atoms with Gasteiger partial charge < -0.3 is 15.9 Å². The van der Waals surface area contributed by atoms with Crippen LogP contribution in [-0.2, 0) is 0 Å². The Kier molecular flexibility index (Phi) is 4.73. The molecule has 0 spiro atoms. The molecular weight excluding hydrogens is 307 g/mol. The van der Waals surface area contributed by atoms with Gasteiger partial charge in [-0.1, -0.05) is 11.6 Å². The zero-order chi connectivity index (χ0) is 15.7. The summed E-state index contributed by atoms with van der Waals surface area (Å²) in [6, 6.07) is 0. The normalized spacial score (nSPS) is 14.9. The third-order valence-electron chi connectivity index (χ3n) is 2.28. The zero-order valence-corrected chi connectivity index (χ0v) is 10.4. The molecule has 0 saturated heterocycles. The molecule has 0 aliphatic carbocycles. The number of hydrogen-bond donors (Lipinski definition) is 3. The highest BCUT2D eigenvalue weighted by Gasteiger charge is 2.52. The summed E-state index contributed by atoms with van der Waals surface area (Å²) in [5.41, 5.74) is 3.64. The molecule has 1 aromatic rings. The maximum atomic E-state index is 13.5. The van der Waals surface area contributed by atoms with Crippen LogP contribution in [0.2, 0.25) is 5.02 Å². The number of aromatic nitrogens is 2. The van der Waals surface area contributed by atoms with Crippen molar-refractivity contribution in [2.75, 3.05) is 12.3 Å². The van der Waals surface area contributed by atoms with Gasteiger partial charge in [0, 0.05) is 6.20 Å². The lowest BCUT2D eigenvalue weighted by atomic mass is 10.1. The highest BCUT2D eigenvalue weighted by atomic mass is 35.5. The molecule has 0 bridgehead atoms. The number of aliphatic hydroxyl groups is 2. The van der Waals surface area contributed by atoms with Gasteiger partial charge >= 0.3 is 17.5 Å². The van der Waals surface area contributed by atoms with E-state index in [0.29, 0.717) is 6.20 Å². The number of rotatable bonds is 4. The Labute approximate surface area is 114 Å². The number of nitrogens with zero attached hydrogens (tertiary/aromatic N) is 2. The molecule has 0 saturated carbocycles. The third-order valence-corrected chi connectivity index (χ3v) is 2.58. The molecule has 0 aliphatic rings. The minimum Gasteiger partial charge on any atom is -0.394 e. The Bertz CT molecular complexity index is 580. The molecule has 20 heavy (non-hydrogen) atoms. The van der Waals surface area contributed by atoms with Crippen molar-refractivity contribution >= 4 is 23.3 Å². The molecule has 2 atom stereocenters. The van der Waals surface area contributed by atoms with Crippen molar-refractivity contribution in [1.29, 1.82) is 0 Å².